The number of aryl methyl sites for hydroxylation is 2. The van der Waals surface area contributed by atoms with Gasteiger partial charge in [-0.3, -0.25) is 14.5 Å². The number of aliphatic hydroxyl groups excluding tert-OH is 1. The summed E-state index contributed by atoms with van der Waals surface area (Å²) in [5, 5.41) is 21.6. The lowest BCUT2D eigenvalue weighted by Gasteiger charge is -2.26. The fraction of sp³-hybridized carbons (Fsp3) is 0.120. The highest BCUT2D eigenvalue weighted by atomic mass is 79.9. The number of para-hydroxylation sites is 2. The van der Waals surface area contributed by atoms with E-state index in [1.807, 2.05) is 32.0 Å². The van der Waals surface area contributed by atoms with Gasteiger partial charge in [-0.15, -0.1) is 0 Å². The quantitative estimate of drug-likeness (QED) is 0.300. The van der Waals surface area contributed by atoms with Gasteiger partial charge in [-0.25, -0.2) is 0 Å². The van der Waals surface area contributed by atoms with Crippen molar-refractivity contribution in [1.82, 2.24) is 0 Å². The predicted octanol–water partition coefficient (Wildman–Crippen LogP) is 5.40. The number of aliphatic hydroxyl groups is 1. The maximum atomic E-state index is 13.1. The monoisotopic (exact) mass is 477 g/mol. The lowest BCUT2D eigenvalue weighted by molar-refractivity contribution is -0.132. The van der Waals surface area contributed by atoms with Gasteiger partial charge in [0.25, 0.3) is 11.7 Å². The smallest absolute Gasteiger partial charge is 0.300 e. The van der Waals surface area contributed by atoms with Crippen LogP contribution in [-0.2, 0) is 9.59 Å². The summed E-state index contributed by atoms with van der Waals surface area (Å²) in [6.07, 6.45) is 0. The standard InChI is InChI=1S/C25H20BrNO4/c1-14-6-5-7-16(12-14)22-21(23(29)17-10-11-18(26)15(2)13-17)24(30)25(31)27(22)19-8-3-4-9-20(19)28/h3-13,22,28-29H,1-2H3/b23-21-. The second-order valence-electron chi connectivity index (χ2n) is 7.54. The van der Waals surface area contributed by atoms with Gasteiger partial charge in [-0.2, -0.15) is 0 Å². The average molecular weight is 478 g/mol. The van der Waals surface area contributed by atoms with Crippen molar-refractivity contribution in [2.24, 2.45) is 0 Å². The number of Topliss-reactive ketones (excluding diaryl/α,β-unsaturated/α-hetero) is 1. The largest absolute Gasteiger partial charge is 0.507 e. The highest BCUT2D eigenvalue weighted by Gasteiger charge is 2.47. The Morgan fingerprint density at radius 3 is 2.39 bits per heavy atom. The predicted molar refractivity (Wildman–Crippen MR) is 123 cm³/mol. The fourth-order valence-electron chi connectivity index (χ4n) is 3.85. The molecule has 31 heavy (non-hydrogen) atoms. The van der Waals surface area contributed by atoms with Crippen molar-refractivity contribution in [2.45, 2.75) is 19.9 Å². The molecular weight excluding hydrogens is 458 g/mol. The first kappa shape index (κ1) is 20.9. The molecule has 0 radical (unpaired) electrons. The minimum atomic E-state index is -0.878. The second kappa shape index (κ2) is 8.04. The minimum Gasteiger partial charge on any atom is -0.507 e. The number of rotatable bonds is 3. The van der Waals surface area contributed by atoms with Crippen molar-refractivity contribution in [2.75, 3.05) is 4.90 Å². The first-order chi connectivity index (χ1) is 14.8. The van der Waals surface area contributed by atoms with E-state index < -0.39 is 17.7 Å². The third-order valence-electron chi connectivity index (χ3n) is 5.37. The summed E-state index contributed by atoms with van der Waals surface area (Å²) >= 11 is 3.43. The number of anilines is 1. The summed E-state index contributed by atoms with van der Waals surface area (Å²) in [6.45, 7) is 3.78. The molecule has 0 bridgehead atoms. The molecule has 1 aliphatic rings. The van der Waals surface area contributed by atoms with E-state index in [0.717, 1.165) is 15.6 Å². The van der Waals surface area contributed by atoms with Crippen LogP contribution >= 0.6 is 15.9 Å². The number of ketones is 1. The molecule has 1 aliphatic heterocycles. The molecule has 4 rings (SSSR count). The molecule has 0 spiro atoms. The van der Waals surface area contributed by atoms with Gasteiger partial charge in [0, 0.05) is 10.0 Å². The van der Waals surface area contributed by atoms with Gasteiger partial charge in [-0.05, 0) is 49.2 Å². The van der Waals surface area contributed by atoms with Crippen molar-refractivity contribution < 1.29 is 19.8 Å². The Bertz CT molecular complexity index is 1250. The van der Waals surface area contributed by atoms with E-state index in [-0.39, 0.29) is 22.8 Å². The van der Waals surface area contributed by atoms with Gasteiger partial charge in [0.2, 0.25) is 0 Å². The second-order valence-corrected chi connectivity index (χ2v) is 8.39. The Labute approximate surface area is 188 Å². The molecule has 1 atom stereocenters. The van der Waals surface area contributed by atoms with Crippen LogP contribution in [0.25, 0.3) is 5.76 Å². The number of phenolic OH excluding ortho intramolecular Hbond substituents is 1. The Morgan fingerprint density at radius 1 is 0.968 bits per heavy atom. The fourth-order valence-corrected chi connectivity index (χ4v) is 4.10. The molecule has 3 aromatic rings. The molecule has 0 saturated carbocycles. The maximum Gasteiger partial charge on any atom is 0.300 e. The number of aromatic hydroxyl groups is 1. The van der Waals surface area contributed by atoms with Crippen molar-refractivity contribution in [1.29, 1.82) is 0 Å². The SMILES string of the molecule is Cc1cccc(C2/C(=C(/O)c3ccc(Br)c(C)c3)C(=O)C(=O)N2c2ccccc2O)c1. The van der Waals surface area contributed by atoms with E-state index in [2.05, 4.69) is 15.9 Å². The number of hydrogen-bond acceptors (Lipinski definition) is 4. The summed E-state index contributed by atoms with van der Waals surface area (Å²) in [5.74, 6) is -1.98. The molecule has 5 nitrogen and oxygen atoms in total. The Balaban J connectivity index is 1.99. The zero-order valence-electron chi connectivity index (χ0n) is 17.0. The molecule has 1 amide bonds. The van der Waals surface area contributed by atoms with Gasteiger partial charge in [0.15, 0.2) is 0 Å². The van der Waals surface area contributed by atoms with Crippen molar-refractivity contribution in [3.63, 3.8) is 0 Å². The van der Waals surface area contributed by atoms with E-state index in [1.165, 1.54) is 11.0 Å². The third-order valence-corrected chi connectivity index (χ3v) is 6.26. The van der Waals surface area contributed by atoms with E-state index >= 15 is 0 Å². The zero-order valence-corrected chi connectivity index (χ0v) is 18.6. The first-order valence-electron chi connectivity index (χ1n) is 9.71. The van der Waals surface area contributed by atoms with Crippen molar-refractivity contribution in [3.8, 4) is 5.75 Å². The van der Waals surface area contributed by atoms with Crippen LogP contribution in [0.15, 0.2) is 76.8 Å². The summed E-state index contributed by atoms with van der Waals surface area (Å²) in [5.41, 5.74) is 3.13. The number of amides is 1. The Hall–Kier alpha value is -3.38. The number of carbonyl (C=O) groups is 2. The number of carbonyl (C=O) groups excluding carboxylic acids is 2. The molecule has 3 aromatic carbocycles. The first-order valence-corrected chi connectivity index (χ1v) is 10.5. The molecule has 0 aliphatic carbocycles. The van der Waals surface area contributed by atoms with Crippen LogP contribution in [0.5, 0.6) is 5.75 Å². The Kier molecular flexibility index (Phi) is 5.41. The maximum absolute atomic E-state index is 13.1. The lowest BCUT2D eigenvalue weighted by atomic mass is 9.94. The van der Waals surface area contributed by atoms with Crippen molar-refractivity contribution in [3.05, 3.63) is 99.0 Å². The van der Waals surface area contributed by atoms with Crippen LogP contribution < -0.4 is 4.90 Å². The number of nitrogens with zero attached hydrogens (tertiary/aromatic N) is 1. The number of benzene rings is 3. The minimum absolute atomic E-state index is 0.0134. The van der Waals surface area contributed by atoms with Gasteiger partial charge in [-0.1, -0.05) is 64.0 Å². The summed E-state index contributed by atoms with van der Waals surface area (Å²) in [4.78, 5) is 27.5. The number of hydrogen-bond donors (Lipinski definition) is 2. The van der Waals surface area contributed by atoms with Gasteiger partial charge >= 0.3 is 0 Å². The molecule has 1 fully saturated rings. The molecule has 1 saturated heterocycles. The van der Waals surface area contributed by atoms with Crippen LogP contribution in [0.1, 0.15) is 28.3 Å². The van der Waals surface area contributed by atoms with Crippen LogP contribution in [0.3, 0.4) is 0 Å². The van der Waals surface area contributed by atoms with Crippen molar-refractivity contribution >= 4 is 39.1 Å². The van der Waals surface area contributed by atoms with Crippen LogP contribution in [0.2, 0.25) is 0 Å². The third kappa shape index (κ3) is 3.64. The van der Waals surface area contributed by atoms with E-state index in [4.69, 9.17) is 0 Å². The lowest BCUT2D eigenvalue weighted by Crippen LogP contribution is -2.29. The van der Waals surface area contributed by atoms with Gasteiger partial charge in [0.05, 0.1) is 17.3 Å². The molecule has 2 N–H and O–H groups in total. The normalized spacial score (nSPS) is 17.9. The topological polar surface area (TPSA) is 77.8 Å². The van der Waals surface area contributed by atoms with E-state index in [0.29, 0.717) is 11.1 Å². The van der Waals surface area contributed by atoms with Crippen LogP contribution in [0, 0.1) is 13.8 Å². The summed E-state index contributed by atoms with van der Waals surface area (Å²) in [6, 6.07) is 18.1. The van der Waals surface area contributed by atoms with E-state index in [9.17, 15) is 19.8 Å². The molecule has 0 aromatic heterocycles. The highest BCUT2D eigenvalue weighted by molar-refractivity contribution is 9.10. The molecule has 6 heteroatoms. The molecular formula is C25H20BrNO4. The summed E-state index contributed by atoms with van der Waals surface area (Å²) < 4.78 is 0.869. The number of phenols is 1. The average Bonchev–Trinajstić information content (AvgIpc) is 3.01. The van der Waals surface area contributed by atoms with Gasteiger partial charge < -0.3 is 10.2 Å². The van der Waals surface area contributed by atoms with Crippen LogP contribution in [-0.4, -0.2) is 21.9 Å². The summed E-state index contributed by atoms with van der Waals surface area (Å²) in [7, 11) is 0. The zero-order chi connectivity index (χ0) is 22.3. The van der Waals surface area contributed by atoms with E-state index in [1.54, 1.807) is 42.5 Å². The Morgan fingerprint density at radius 2 is 1.71 bits per heavy atom. The molecule has 1 unspecified atom stereocenters. The molecule has 1 heterocycles. The number of halogens is 1. The van der Waals surface area contributed by atoms with Gasteiger partial charge in [0.1, 0.15) is 11.5 Å². The molecule has 156 valence electrons. The van der Waals surface area contributed by atoms with Crippen LogP contribution in [0.4, 0.5) is 5.69 Å². The highest BCUT2D eigenvalue weighted by Crippen LogP contribution is 2.44.